The van der Waals surface area contributed by atoms with Crippen LogP contribution in [-0.4, -0.2) is 10.2 Å². The van der Waals surface area contributed by atoms with Crippen LogP contribution in [0.1, 0.15) is 5.56 Å². The number of hydrogen-bond acceptors (Lipinski definition) is 2. The van der Waals surface area contributed by atoms with Crippen molar-refractivity contribution in [1.82, 2.24) is 10.2 Å². The Balaban J connectivity index is 2.35. The van der Waals surface area contributed by atoms with Crippen LogP contribution in [0.3, 0.4) is 0 Å². The van der Waals surface area contributed by atoms with E-state index in [9.17, 15) is 13.2 Å². The van der Waals surface area contributed by atoms with E-state index in [0.717, 1.165) is 6.07 Å². The van der Waals surface area contributed by atoms with E-state index in [0.29, 0.717) is 10.8 Å². The van der Waals surface area contributed by atoms with Crippen molar-refractivity contribution in [3.05, 3.63) is 59.2 Å². The van der Waals surface area contributed by atoms with Crippen LogP contribution in [0.15, 0.2) is 48.5 Å². The van der Waals surface area contributed by atoms with Crippen molar-refractivity contribution in [2.45, 2.75) is 6.18 Å². The number of hydrogen-bond donors (Lipinski definition) is 0. The third-order valence-electron chi connectivity index (χ3n) is 3.13. The van der Waals surface area contributed by atoms with Crippen LogP contribution in [0.25, 0.3) is 22.0 Å². The van der Waals surface area contributed by atoms with Gasteiger partial charge in [0.2, 0.25) is 0 Å². The van der Waals surface area contributed by atoms with Gasteiger partial charge < -0.3 is 0 Å². The molecule has 21 heavy (non-hydrogen) atoms. The summed E-state index contributed by atoms with van der Waals surface area (Å²) < 4.78 is 39.4. The predicted molar refractivity (Wildman–Crippen MR) is 75.0 cm³/mol. The van der Waals surface area contributed by atoms with E-state index in [4.69, 9.17) is 11.6 Å². The molecule has 0 bridgehead atoms. The molecule has 1 heterocycles. The smallest absolute Gasteiger partial charge is 0.166 e. The normalized spacial score (nSPS) is 11.8. The van der Waals surface area contributed by atoms with Crippen LogP contribution in [0.4, 0.5) is 13.2 Å². The molecule has 0 atom stereocenters. The summed E-state index contributed by atoms with van der Waals surface area (Å²) in [5, 5.41) is 8.90. The van der Waals surface area contributed by atoms with Gasteiger partial charge in [0.25, 0.3) is 0 Å². The number of aromatic nitrogens is 2. The van der Waals surface area contributed by atoms with Crippen molar-refractivity contribution in [3.8, 4) is 11.3 Å². The van der Waals surface area contributed by atoms with Crippen molar-refractivity contribution in [2.24, 2.45) is 0 Å². The second kappa shape index (κ2) is 5.00. The lowest BCUT2D eigenvalue weighted by Crippen LogP contribution is -2.07. The Hall–Kier alpha value is -2.14. The van der Waals surface area contributed by atoms with Crippen LogP contribution in [0.2, 0.25) is 5.15 Å². The summed E-state index contributed by atoms with van der Waals surface area (Å²) in [6, 6.07) is 12.1. The average Bonchev–Trinajstić information content (AvgIpc) is 2.47. The zero-order valence-electron chi connectivity index (χ0n) is 10.5. The summed E-state index contributed by atoms with van der Waals surface area (Å²) in [5.41, 5.74) is -0.583. The fraction of sp³-hybridized carbons (Fsp3) is 0.0667. The lowest BCUT2D eigenvalue weighted by molar-refractivity contribution is -0.137. The van der Waals surface area contributed by atoms with Gasteiger partial charge in [-0.3, -0.25) is 0 Å². The number of fused-ring (bicyclic) bond motifs is 1. The van der Waals surface area contributed by atoms with E-state index in [1.807, 2.05) is 0 Å². The summed E-state index contributed by atoms with van der Waals surface area (Å²) in [6.07, 6.45) is -4.46. The Morgan fingerprint density at radius 1 is 0.810 bits per heavy atom. The van der Waals surface area contributed by atoms with Gasteiger partial charge in [-0.25, -0.2) is 0 Å². The fourth-order valence-corrected chi connectivity index (χ4v) is 2.41. The zero-order chi connectivity index (χ0) is 15.0. The predicted octanol–water partition coefficient (Wildman–Crippen LogP) is 4.97. The lowest BCUT2D eigenvalue weighted by Gasteiger charge is -2.13. The highest BCUT2D eigenvalue weighted by Crippen LogP contribution is 2.38. The van der Waals surface area contributed by atoms with Gasteiger partial charge in [-0.1, -0.05) is 54.1 Å². The molecule has 0 saturated heterocycles. The first kappa shape index (κ1) is 13.8. The Labute approximate surface area is 123 Å². The number of halogens is 4. The molecule has 0 saturated carbocycles. The minimum absolute atomic E-state index is 0.00892. The molecule has 0 amide bonds. The molecule has 0 N–H and O–H groups in total. The van der Waals surface area contributed by atoms with Crippen LogP contribution in [-0.2, 0) is 6.18 Å². The molecule has 3 aromatic rings. The maximum absolute atomic E-state index is 13.1. The minimum atomic E-state index is -4.46. The largest absolute Gasteiger partial charge is 0.417 e. The molecule has 0 fully saturated rings. The van der Waals surface area contributed by atoms with Gasteiger partial charge in [-0.2, -0.15) is 13.2 Å². The SMILES string of the molecule is FC(F)(F)c1ccccc1-c1nnc(Cl)c2ccccc12. The number of rotatable bonds is 1. The van der Waals surface area contributed by atoms with Gasteiger partial charge in [0.05, 0.1) is 5.56 Å². The van der Waals surface area contributed by atoms with Crippen LogP contribution in [0, 0.1) is 0 Å². The molecule has 1 aromatic heterocycles. The molecule has 0 aliphatic rings. The van der Waals surface area contributed by atoms with Crippen LogP contribution < -0.4 is 0 Å². The molecule has 2 nitrogen and oxygen atoms in total. The number of benzene rings is 2. The summed E-state index contributed by atoms with van der Waals surface area (Å²) in [5.74, 6) is 0. The van der Waals surface area contributed by atoms with Crippen molar-refractivity contribution in [2.75, 3.05) is 0 Å². The second-order valence-corrected chi connectivity index (χ2v) is 4.79. The van der Waals surface area contributed by atoms with Crippen molar-refractivity contribution in [3.63, 3.8) is 0 Å². The van der Waals surface area contributed by atoms with E-state index in [-0.39, 0.29) is 16.4 Å². The van der Waals surface area contributed by atoms with Crippen molar-refractivity contribution in [1.29, 1.82) is 0 Å². The molecule has 0 aliphatic heterocycles. The Morgan fingerprint density at radius 3 is 2.14 bits per heavy atom. The van der Waals surface area contributed by atoms with Gasteiger partial charge in [-0.05, 0) is 6.07 Å². The van der Waals surface area contributed by atoms with Gasteiger partial charge >= 0.3 is 6.18 Å². The summed E-state index contributed by atoms with van der Waals surface area (Å²) in [7, 11) is 0. The second-order valence-electron chi connectivity index (χ2n) is 4.43. The molecule has 0 radical (unpaired) electrons. The van der Waals surface area contributed by atoms with Gasteiger partial charge in [0, 0.05) is 16.3 Å². The molecule has 106 valence electrons. The Morgan fingerprint density at radius 2 is 1.43 bits per heavy atom. The third-order valence-corrected chi connectivity index (χ3v) is 3.41. The topological polar surface area (TPSA) is 25.8 Å². The molecular weight excluding hydrogens is 301 g/mol. The van der Waals surface area contributed by atoms with E-state index < -0.39 is 11.7 Å². The zero-order valence-corrected chi connectivity index (χ0v) is 11.3. The summed E-state index contributed by atoms with van der Waals surface area (Å²) in [4.78, 5) is 0. The highest BCUT2D eigenvalue weighted by atomic mass is 35.5. The first-order valence-corrected chi connectivity index (χ1v) is 6.44. The van der Waals surface area contributed by atoms with E-state index in [2.05, 4.69) is 10.2 Å². The number of nitrogens with zero attached hydrogens (tertiary/aromatic N) is 2. The standard InChI is InChI=1S/C15H8ClF3N2/c16-14-10-6-2-1-5-9(10)13(20-21-14)11-7-3-4-8-12(11)15(17,18)19/h1-8H. The Bertz CT molecular complexity index is 815. The van der Waals surface area contributed by atoms with Gasteiger partial charge in [-0.15, -0.1) is 10.2 Å². The molecule has 0 spiro atoms. The average molecular weight is 309 g/mol. The van der Waals surface area contributed by atoms with E-state index >= 15 is 0 Å². The highest BCUT2D eigenvalue weighted by molar-refractivity contribution is 6.34. The monoisotopic (exact) mass is 308 g/mol. The fourth-order valence-electron chi connectivity index (χ4n) is 2.21. The van der Waals surface area contributed by atoms with Crippen LogP contribution >= 0.6 is 11.6 Å². The molecular formula is C15H8ClF3N2. The van der Waals surface area contributed by atoms with Crippen molar-refractivity contribution < 1.29 is 13.2 Å². The van der Waals surface area contributed by atoms with E-state index in [1.165, 1.54) is 18.2 Å². The van der Waals surface area contributed by atoms with Crippen LogP contribution in [0.5, 0.6) is 0 Å². The molecule has 0 unspecified atom stereocenters. The quantitative estimate of drug-likeness (QED) is 0.634. The third kappa shape index (κ3) is 2.45. The first-order chi connectivity index (χ1) is 9.98. The first-order valence-electron chi connectivity index (χ1n) is 6.06. The summed E-state index contributed by atoms with van der Waals surface area (Å²) >= 11 is 5.95. The van der Waals surface area contributed by atoms with Gasteiger partial charge in [0.15, 0.2) is 5.15 Å². The highest BCUT2D eigenvalue weighted by Gasteiger charge is 2.34. The van der Waals surface area contributed by atoms with Crippen molar-refractivity contribution >= 4 is 22.4 Å². The lowest BCUT2D eigenvalue weighted by atomic mass is 10.00. The molecule has 3 rings (SSSR count). The maximum atomic E-state index is 13.1. The van der Waals surface area contributed by atoms with E-state index in [1.54, 1.807) is 24.3 Å². The number of alkyl halides is 3. The Kier molecular flexibility index (Phi) is 3.29. The molecule has 2 aromatic carbocycles. The maximum Gasteiger partial charge on any atom is 0.417 e. The van der Waals surface area contributed by atoms with Gasteiger partial charge in [0.1, 0.15) is 5.69 Å². The minimum Gasteiger partial charge on any atom is -0.166 e. The molecule has 0 aliphatic carbocycles. The molecule has 6 heteroatoms. The summed E-state index contributed by atoms with van der Waals surface area (Å²) in [6.45, 7) is 0.